The quantitative estimate of drug-likeness (QED) is 0.718. The Balaban J connectivity index is 1.68. The fraction of sp³-hybridized carbons (Fsp3) is 1.00. The van der Waals surface area contributed by atoms with Crippen LogP contribution >= 0.6 is 0 Å². The molecule has 3 unspecified atom stereocenters. The highest BCUT2D eigenvalue weighted by Crippen LogP contribution is 2.34. The average Bonchev–Trinajstić information content (AvgIpc) is 2.08. The molecule has 3 atom stereocenters. The van der Waals surface area contributed by atoms with Gasteiger partial charge in [0.25, 0.3) is 0 Å². The molecule has 1 heterocycles. The van der Waals surface area contributed by atoms with Crippen molar-refractivity contribution >= 4 is 0 Å². The van der Waals surface area contributed by atoms with E-state index in [4.69, 9.17) is 4.74 Å². The molecule has 1 N–H and O–H groups in total. The van der Waals surface area contributed by atoms with Gasteiger partial charge in [-0.05, 0) is 18.3 Å². The van der Waals surface area contributed by atoms with Gasteiger partial charge in [-0.2, -0.15) is 0 Å². The summed E-state index contributed by atoms with van der Waals surface area (Å²) < 4.78 is 5.23. The molecule has 0 aromatic rings. The molecule has 2 fully saturated rings. The van der Waals surface area contributed by atoms with E-state index in [0.717, 1.165) is 37.6 Å². The summed E-state index contributed by atoms with van der Waals surface area (Å²) in [6.45, 7) is 10.0. The van der Waals surface area contributed by atoms with Gasteiger partial charge in [0.05, 0.1) is 13.2 Å². The molecule has 0 bridgehead atoms. The van der Waals surface area contributed by atoms with Crippen molar-refractivity contribution in [3.05, 3.63) is 0 Å². The van der Waals surface area contributed by atoms with Gasteiger partial charge in [0, 0.05) is 18.0 Å². The Labute approximate surface area is 81.0 Å². The third kappa shape index (κ3) is 1.75. The summed E-state index contributed by atoms with van der Waals surface area (Å²) in [5.74, 6) is 1.78. The first kappa shape index (κ1) is 9.47. The lowest BCUT2D eigenvalue weighted by atomic mass is 9.71. The molecular weight excluding hydrogens is 162 g/mol. The summed E-state index contributed by atoms with van der Waals surface area (Å²) in [6.07, 6.45) is 1.36. The Hall–Kier alpha value is -0.0800. The maximum absolute atomic E-state index is 5.23. The van der Waals surface area contributed by atoms with E-state index < -0.39 is 0 Å². The standard InChI is InChI=1S/C11H21NO/c1-8-4-10(9(8)2)12-5-11(3)6-13-7-11/h8-10,12H,4-7H2,1-3H3. The molecule has 2 rings (SSSR count). The maximum Gasteiger partial charge on any atom is 0.0554 e. The SMILES string of the molecule is CC1CC(NCC2(C)COC2)C1C. The molecule has 2 nitrogen and oxygen atoms in total. The number of nitrogens with one attached hydrogen (secondary N) is 1. The minimum absolute atomic E-state index is 0.429. The predicted octanol–water partition coefficient (Wildman–Crippen LogP) is 1.66. The van der Waals surface area contributed by atoms with Crippen LogP contribution in [0.5, 0.6) is 0 Å². The average molecular weight is 183 g/mol. The van der Waals surface area contributed by atoms with Gasteiger partial charge in [0.1, 0.15) is 0 Å². The fourth-order valence-corrected chi connectivity index (χ4v) is 2.23. The monoisotopic (exact) mass is 183 g/mol. The van der Waals surface area contributed by atoms with Crippen molar-refractivity contribution in [3.8, 4) is 0 Å². The second-order valence-electron chi connectivity index (χ2n) is 5.36. The van der Waals surface area contributed by atoms with Crippen LogP contribution in [0.2, 0.25) is 0 Å². The number of hydrogen-bond acceptors (Lipinski definition) is 2. The maximum atomic E-state index is 5.23. The van der Waals surface area contributed by atoms with Gasteiger partial charge in [0.2, 0.25) is 0 Å². The van der Waals surface area contributed by atoms with Crippen LogP contribution in [0.4, 0.5) is 0 Å². The first-order valence-electron chi connectivity index (χ1n) is 5.42. The molecule has 0 aromatic carbocycles. The van der Waals surface area contributed by atoms with Crippen molar-refractivity contribution in [2.24, 2.45) is 17.3 Å². The summed E-state index contributed by atoms with van der Waals surface area (Å²) in [6, 6.07) is 0.771. The minimum atomic E-state index is 0.429. The smallest absolute Gasteiger partial charge is 0.0554 e. The van der Waals surface area contributed by atoms with E-state index in [9.17, 15) is 0 Å². The predicted molar refractivity (Wildman–Crippen MR) is 53.7 cm³/mol. The molecule has 2 heteroatoms. The van der Waals surface area contributed by atoms with Crippen LogP contribution in [-0.2, 0) is 4.74 Å². The van der Waals surface area contributed by atoms with E-state index in [1.165, 1.54) is 6.42 Å². The summed E-state index contributed by atoms with van der Waals surface area (Å²) in [5, 5.41) is 3.66. The zero-order valence-corrected chi connectivity index (χ0v) is 8.97. The molecule has 0 spiro atoms. The minimum Gasteiger partial charge on any atom is -0.380 e. The second kappa shape index (κ2) is 3.25. The van der Waals surface area contributed by atoms with Crippen molar-refractivity contribution in [3.63, 3.8) is 0 Å². The highest BCUT2D eigenvalue weighted by molar-refractivity contribution is 4.92. The Morgan fingerprint density at radius 2 is 2.08 bits per heavy atom. The number of hydrogen-bond donors (Lipinski definition) is 1. The van der Waals surface area contributed by atoms with E-state index in [-0.39, 0.29) is 0 Å². The molecule has 0 amide bonds. The summed E-state index contributed by atoms with van der Waals surface area (Å²) >= 11 is 0. The Kier molecular flexibility index (Phi) is 2.37. The van der Waals surface area contributed by atoms with Crippen LogP contribution in [0, 0.1) is 17.3 Å². The largest absolute Gasteiger partial charge is 0.380 e. The van der Waals surface area contributed by atoms with E-state index in [0.29, 0.717) is 5.41 Å². The van der Waals surface area contributed by atoms with E-state index >= 15 is 0 Å². The lowest BCUT2D eigenvalue weighted by molar-refractivity contribution is -0.103. The summed E-state index contributed by atoms with van der Waals surface area (Å²) in [5.41, 5.74) is 0.429. The Morgan fingerprint density at radius 1 is 1.38 bits per heavy atom. The third-order valence-corrected chi connectivity index (χ3v) is 3.85. The molecular formula is C11H21NO. The van der Waals surface area contributed by atoms with Gasteiger partial charge in [-0.25, -0.2) is 0 Å². The summed E-state index contributed by atoms with van der Waals surface area (Å²) in [4.78, 5) is 0. The van der Waals surface area contributed by atoms with Crippen LogP contribution in [0.15, 0.2) is 0 Å². The number of rotatable bonds is 3. The highest BCUT2D eigenvalue weighted by atomic mass is 16.5. The normalized spacial score (nSPS) is 42.2. The Bertz CT molecular complexity index is 189. The fourth-order valence-electron chi connectivity index (χ4n) is 2.23. The van der Waals surface area contributed by atoms with Crippen LogP contribution in [0.1, 0.15) is 27.2 Å². The van der Waals surface area contributed by atoms with E-state index in [2.05, 4.69) is 26.1 Å². The lowest BCUT2D eigenvalue weighted by Gasteiger charge is -2.45. The molecule has 1 saturated heterocycles. The third-order valence-electron chi connectivity index (χ3n) is 3.85. The molecule has 76 valence electrons. The van der Waals surface area contributed by atoms with Gasteiger partial charge in [-0.3, -0.25) is 0 Å². The number of ether oxygens (including phenoxy) is 1. The molecule has 0 radical (unpaired) electrons. The van der Waals surface area contributed by atoms with Gasteiger partial charge < -0.3 is 10.1 Å². The van der Waals surface area contributed by atoms with Crippen molar-refractivity contribution in [1.82, 2.24) is 5.32 Å². The first-order valence-corrected chi connectivity index (χ1v) is 5.42. The molecule has 1 aliphatic carbocycles. The van der Waals surface area contributed by atoms with Gasteiger partial charge >= 0.3 is 0 Å². The second-order valence-corrected chi connectivity index (χ2v) is 5.36. The van der Waals surface area contributed by atoms with Crippen LogP contribution < -0.4 is 5.32 Å². The summed E-state index contributed by atoms with van der Waals surface area (Å²) in [7, 11) is 0. The topological polar surface area (TPSA) is 21.3 Å². The molecule has 1 aliphatic heterocycles. The van der Waals surface area contributed by atoms with Gasteiger partial charge in [-0.15, -0.1) is 0 Å². The molecule has 13 heavy (non-hydrogen) atoms. The molecule has 0 aromatic heterocycles. The van der Waals surface area contributed by atoms with Crippen LogP contribution in [0.25, 0.3) is 0 Å². The van der Waals surface area contributed by atoms with E-state index in [1.807, 2.05) is 0 Å². The zero-order valence-electron chi connectivity index (χ0n) is 8.97. The highest BCUT2D eigenvalue weighted by Gasteiger charge is 2.38. The van der Waals surface area contributed by atoms with Crippen molar-refractivity contribution in [2.45, 2.75) is 33.2 Å². The lowest BCUT2D eigenvalue weighted by Crippen LogP contribution is -2.55. The zero-order chi connectivity index (χ0) is 9.47. The Morgan fingerprint density at radius 3 is 2.46 bits per heavy atom. The van der Waals surface area contributed by atoms with Crippen molar-refractivity contribution < 1.29 is 4.74 Å². The van der Waals surface area contributed by atoms with Crippen molar-refractivity contribution in [1.29, 1.82) is 0 Å². The molecule has 1 saturated carbocycles. The molecule has 2 aliphatic rings. The van der Waals surface area contributed by atoms with Crippen LogP contribution in [-0.4, -0.2) is 25.8 Å². The van der Waals surface area contributed by atoms with Crippen molar-refractivity contribution in [2.75, 3.05) is 19.8 Å². The van der Waals surface area contributed by atoms with Gasteiger partial charge in [0.15, 0.2) is 0 Å². The van der Waals surface area contributed by atoms with Gasteiger partial charge in [-0.1, -0.05) is 20.8 Å². The first-order chi connectivity index (χ1) is 6.11. The van der Waals surface area contributed by atoms with Crippen LogP contribution in [0.3, 0.4) is 0 Å². The van der Waals surface area contributed by atoms with E-state index in [1.54, 1.807) is 0 Å².